The lowest BCUT2D eigenvalue weighted by molar-refractivity contribution is -0.132. The van der Waals surface area contributed by atoms with Gasteiger partial charge in [0.25, 0.3) is 11.8 Å². The number of fused-ring (bicyclic) bond motifs is 3. The van der Waals surface area contributed by atoms with Crippen molar-refractivity contribution in [2.24, 2.45) is 5.10 Å². The van der Waals surface area contributed by atoms with Crippen LogP contribution in [0.1, 0.15) is 28.4 Å². The molecule has 2 aliphatic heterocycles. The molecular formula is C24H21N3O4S. The molecule has 1 spiro atoms. The van der Waals surface area contributed by atoms with Gasteiger partial charge in [-0.3, -0.25) is 19.9 Å². The highest BCUT2D eigenvalue weighted by Gasteiger charge is 2.56. The van der Waals surface area contributed by atoms with Gasteiger partial charge in [0.15, 0.2) is 0 Å². The van der Waals surface area contributed by atoms with E-state index >= 15 is 0 Å². The van der Waals surface area contributed by atoms with Crippen LogP contribution in [0.3, 0.4) is 0 Å². The Kier molecular flexibility index (Phi) is 4.82. The van der Waals surface area contributed by atoms with E-state index in [2.05, 4.69) is 10.5 Å². The summed E-state index contributed by atoms with van der Waals surface area (Å²) in [5, 5.41) is 7.37. The van der Waals surface area contributed by atoms with E-state index in [1.807, 2.05) is 42.5 Å². The number of methoxy groups -OCH3 is 2. The molecule has 162 valence electrons. The molecule has 0 radical (unpaired) electrons. The predicted octanol–water partition coefficient (Wildman–Crippen LogP) is 3.71. The van der Waals surface area contributed by atoms with Gasteiger partial charge in [0.05, 0.1) is 25.3 Å². The van der Waals surface area contributed by atoms with E-state index in [0.29, 0.717) is 27.7 Å². The van der Waals surface area contributed by atoms with E-state index in [1.54, 1.807) is 19.1 Å². The topological polar surface area (TPSA) is 80.2 Å². The highest BCUT2D eigenvalue weighted by molar-refractivity contribution is 8.16. The second-order valence-corrected chi connectivity index (χ2v) is 8.65. The summed E-state index contributed by atoms with van der Waals surface area (Å²) in [6.07, 6.45) is 0. The lowest BCUT2D eigenvalue weighted by Crippen LogP contribution is -2.57. The van der Waals surface area contributed by atoms with Crippen molar-refractivity contribution in [3.8, 4) is 11.5 Å². The Bertz CT molecular complexity index is 1300. The van der Waals surface area contributed by atoms with Crippen molar-refractivity contribution in [1.29, 1.82) is 0 Å². The summed E-state index contributed by atoms with van der Waals surface area (Å²) < 4.78 is 11.0. The fourth-order valence-corrected chi connectivity index (χ4v) is 5.54. The molecule has 32 heavy (non-hydrogen) atoms. The Hall–Kier alpha value is -3.52. The number of rotatable bonds is 4. The second kappa shape index (κ2) is 7.56. The fourth-order valence-electron chi connectivity index (χ4n) is 4.27. The Balaban J connectivity index is 1.69. The Morgan fingerprint density at radius 2 is 1.81 bits per heavy atom. The number of amides is 2. The Morgan fingerprint density at radius 1 is 1.03 bits per heavy atom. The highest BCUT2D eigenvalue weighted by atomic mass is 32.2. The zero-order chi connectivity index (χ0) is 22.5. The minimum Gasteiger partial charge on any atom is -0.497 e. The minimum atomic E-state index is -1.32. The summed E-state index contributed by atoms with van der Waals surface area (Å²) in [6, 6.07) is 17.3. The van der Waals surface area contributed by atoms with Gasteiger partial charge in [-0.25, -0.2) is 0 Å². The molecule has 0 unspecified atom stereocenters. The van der Waals surface area contributed by atoms with Crippen LogP contribution in [0.15, 0.2) is 59.7 Å². The van der Waals surface area contributed by atoms with E-state index in [9.17, 15) is 9.59 Å². The van der Waals surface area contributed by atoms with Gasteiger partial charge >= 0.3 is 0 Å². The molecule has 0 saturated carbocycles. The number of hydrazone groups is 1. The van der Waals surface area contributed by atoms with Crippen LogP contribution in [0.5, 0.6) is 11.5 Å². The van der Waals surface area contributed by atoms with Gasteiger partial charge in [-0.05, 0) is 23.8 Å². The first-order valence-electron chi connectivity index (χ1n) is 10.2. The summed E-state index contributed by atoms with van der Waals surface area (Å²) in [6.45, 7) is 2.02. The molecule has 1 atom stereocenters. The van der Waals surface area contributed by atoms with Crippen LogP contribution in [0, 0.1) is 0 Å². The van der Waals surface area contributed by atoms with Crippen LogP contribution in [-0.2, 0) is 9.67 Å². The quantitative estimate of drug-likeness (QED) is 0.614. The van der Waals surface area contributed by atoms with Crippen LogP contribution < -0.4 is 14.9 Å². The third kappa shape index (κ3) is 2.79. The van der Waals surface area contributed by atoms with Gasteiger partial charge in [0.1, 0.15) is 16.5 Å². The van der Waals surface area contributed by atoms with E-state index in [1.165, 1.54) is 30.9 Å². The molecule has 2 heterocycles. The highest BCUT2D eigenvalue weighted by Crippen LogP contribution is 2.51. The number of benzene rings is 3. The number of hydrogen-bond acceptors (Lipinski definition) is 7. The first kappa shape index (κ1) is 20.4. The van der Waals surface area contributed by atoms with Crippen molar-refractivity contribution in [1.82, 2.24) is 10.3 Å². The second-order valence-electron chi connectivity index (χ2n) is 7.45. The van der Waals surface area contributed by atoms with Gasteiger partial charge in [0, 0.05) is 18.2 Å². The molecule has 0 aliphatic carbocycles. The molecule has 5 rings (SSSR count). The van der Waals surface area contributed by atoms with E-state index in [4.69, 9.17) is 9.47 Å². The van der Waals surface area contributed by atoms with Crippen molar-refractivity contribution in [2.45, 2.75) is 11.8 Å². The molecule has 8 heteroatoms. The maximum absolute atomic E-state index is 13.7. The molecule has 2 aliphatic rings. The first-order valence-corrected chi connectivity index (χ1v) is 11.0. The zero-order valence-electron chi connectivity index (χ0n) is 17.8. The number of carbonyl (C=O) groups is 2. The first-order chi connectivity index (χ1) is 15.5. The van der Waals surface area contributed by atoms with Gasteiger partial charge in [0.2, 0.25) is 4.87 Å². The normalized spacial score (nSPS) is 19.7. The van der Waals surface area contributed by atoms with Crippen LogP contribution in [0.2, 0.25) is 0 Å². The third-order valence-electron chi connectivity index (χ3n) is 5.81. The van der Waals surface area contributed by atoms with Crippen molar-refractivity contribution >= 4 is 39.4 Å². The molecule has 1 N–H and O–H groups in total. The van der Waals surface area contributed by atoms with Gasteiger partial charge < -0.3 is 9.47 Å². The number of likely N-dealkylation sites (N-methyl/N-ethyl adjacent to an activating group) is 1. The largest absolute Gasteiger partial charge is 0.497 e. The monoisotopic (exact) mass is 447 g/mol. The van der Waals surface area contributed by atoms with Gasteiger partial charge in [-0.15, -0.1) is 0 Å². The summed E-state index contributed by atoms with van der Waals surface area (Å²) in [5.41, 5.74) is 4.81. The smallest absolute Gasteiger partial charge is 0.272 e. The molecule has 0 fully saturated rings. The van der Waals surface area contributed by atoms with E-state index in [0.717, 1.165) is 16.3 Å². The molecule has 2 amide bonds. The van der Waals surface area contributed by atoms with Crippen molar-refractivity contribution < 1.29 is 19.1 Å². The number of ether oxygens (including phenoxy) is 2. The van der Waals surface area contributed by atoms with E-state index < -0.39 is 4.87 Å². The summed E-state index contributed by atoms with van der Waals surface area (Å²) in [5.74, 6) is 0.125. The van der Waals surface area contributed by atoms with Gasteiger partial charge in [-0.2, -0.15) is 5.10 Å². The maximum Gasteiger partial charge on any atom is 0.272 e. The zero-order valence-corrected chi connectivity index (χ0v) is 18.7. The van der Waals surface area contributed by atoms with Crippen LogP contribution >= 0.6 is 11.8 Å². The average Bonchev–Trinajstić information content (AvgIpc) is 3.28. The van der Waals surface area contributed by atoms with E-state index in [-0.39, 0.29) is 18.4 Å². The molecule has 0 aromatic heterocycles. The standard InChI is InChI=1S/C24H21N3O4S/c1-4-27-22(28)18-12-15(30-2)13-19(31-3)20(18)24(23(27)29)26-25-21(32-24)17-11-7-9-14-8-5-6-10-16(14)17/h5-13,26H,4H2,1-3H3/t24-/m1/s1. The van der Waals surface area contributed by atoms with Gasteiger partial charge in [-0.1, -0.05) is 54.2 Å². The summed E-state index contributed by atoms with van der Waals surface area (Å²) in [7, 11) is 3.03. The number of nitrogens with zero attached hydrogens (tertiary/aromatic N) is 2. The van der Waals surface area contributed by atoms with Crippen LogP contribution in [0.25, 0.3) is 10.8 Å². The lowest BCUT2D eigenvalue weighted by atomic mass is 9.92. The number of imide groups is 1. The van der Waals surface area contributed by atoms with Crippen LogP contribution in [0.4, 0.5) is 0 Å². The van der Waals surface area contributed by atoms with Crippen molar-refractivity contribution in [3.63, 3.8) is 0 Å². The predicted molar refractivity (Wildman–Crippen MR) is 124 cm³/mol. The maximum atomic E-state index is 13.7. The SMILES string of the molecule is CCN1C(=O)c2cc(OC)cc(OC)c2[C@]2(NN=C(c3cccc4ccccc34)S2)C1=O. The fraction of sp³-hybridized carbons (Fsp3) is 0.208. The molecule has 3 aromatic rings. The Morgan fingerprint density at radius 3 is 2.56 bits per heavy atom. The average molecular weight is 448 g/mol. The van der Waals surface area contributed by atoms with Crippen molar-refractivity contribution in [2.75, 3.05) is 20.8 Å². The number of carbonyl (C=O) groups excluding carboxylic acids is 2. The number of thioether (sulfide) groups is 1. The Labute approximate surface area is 189 Å². The number of hydrogen-bond donors (Lipinski definition) is 1. The van der Waals surface area contributed by atoms with Crippen molar-refractivity contribution in [3.05, 3.63) is 71.3 Å². The summed E-state index contributed by atoms with van der Waals surface area (Å²) >= 11 is 1.29. The van der Waals surface area contributed by atoms with Crippen LogP contribution in [-0.4, -0.2) is 42.5 Å². The summed E-state index contributed by atoms with van der Waals surface area (Å²) in [4.78, 5) is 26.8. The molecule has 3 aromatic carbocycles. The lowest BCUT2D eigenvalue weighted by Gasteiger charge is -2.38. The molecule has 7 nitrogen and oxygen atoms in total. The minimum absolute atomic E-state index is 0.240. The third-order valence-corrected chi connectivity index (χ3v) is 7.09. The molecular weight excluding hydrogens is 426 g/mol. The molecule has 0 bridgehead atoms. The molecule has 0 saturated heterocycles. The number of nitrogens with one attached hydrogen (secondary N) is 1.